The summed E-state index contributed by atoms with van der Waals surface area (Å²) in [6.45, 7) is 6.05. The van der Waals surface area contributed by atoms with Crippen LogP contribution in [0.2, 0.25) is 0 Å². The van der Waals surface area contributed by atoms with E-state index in [0.29, 0.717) is 0 Å². The molecule has 116 valence electrons. The summed E-state index contributed by atoms with van der Waals surface area (Å²) in [6.07, 6.45) is 3.56. The fraction of sp³-hybridized carbons (Fsp3) is 0.733. The topological polar surface area (TPSA) is 38.9 Å². The van der Waals surface area contributed by atoms with Crippen LogP contribution >= 0.6 is 11.6 Å². The van der Waals surface area contributed by atoms with Gasteiger partial charge in [0, 0.05) is 26.2 Å². The quantitative estimate of drug-likeness (QED) is 0.770. The molecule has 2 aromatic heterocycles. The molecule has 0 aliphatic heterocycles. The van der Waals surface area contributed by atoms with Gasteiger partial charge in [0.15, 0.2) is 5.65 Å². The second kappa shape index (κ2) is 5.61. The number of hydrogen-bond donors (Lipinski definition) is 0. The minimum absolute atomic E-state index is 0.0895. The lowest BCUT2D eigenvalue weighted by atomic mass is 10.3. The van der Waals surface area contributed by atoms with Crippen molar-refractivity contribution in [3.8, 4) is 0 Å². The van der Waals surface area contributed by atoms with Gasteiger partial charge in [-0.15, -0.1) is 11.6 Å². The van der Waals surface area contributed by atoms with Crippen LogP contribution in [0.25, 0.3) is 11.2 Å². The molecule has 1 saturated carbocycles. The van der Waals surface area contributed by atoms with Crippen LogP contribution in [0.3, 0.4) is 0 Å². The highest BCUT2D eigenvalue weighted by molar-refractivity contribution is 6.20. The molecule has 2 heterocycles. The molecule has 0 saturated heterocycles. The zero-order valence-electron chi connectivity index (χ0n) is 13.3. The van der Waals surface area contributed by atoms with Crippen LogP contribution in [0.1, 0.15) is 43.6 Å². The zero-order chi connectivity index (χ0) is 15.1. The third-order valence-electron chi connectivity index (χ3n) is 4.36. The molecular weight excluding hydrogens is 286 g/mol. The molecule has 1 fully saturated rings. The summed E-state index contributed by atoms with van der Waals surface area (Å²) >= 11 is 6.35. The highest BCUT2D eigenvalue weighted by Crippen LogP contribution is 2.28. The lowest BCUT2D eigenvalue weighted by Crippen LogP contribution is -2.26. The van der Waals surface area contributed by atoms with E-state index in [2.05, 4.69) is 28.5 Å². The van der Waals surface area contributed by atoms with Crippen LogP contribution in [-0.2, 0) is 20.0 Å². The van der Waals surface area contributed by atoms with Crippen LogP contribution in [-0.4, -0.2) is 43.9 Å². The number of nitrogens with zero attached hydrogens (tertiary/aromatic N) is 5. The average molecular weight is 310 g/mol. The summed E-state index contributed by atoms with van der Waals surface area (Å²) in [5.41, 5.74) is 3.16. The first-order valence-electron chi connectivity index (χ1n) is 7.79. The van der Waals surface area contributed by atoms with Crippen LogP contribution in [0.4, 0.5) is 0 Å². The molecule has 1 atom stereocenters. The van der Waals surface area contributed by atoms with Gasteiger partial charge in [0.25, 0.3) is 0 Å². The van der Waals surface area contributed by atoms with Gasteiger partial charge in [0.05, 0.1) is 11.1 Å². The van der Waals surface area contributed by atoms with Gasteiger partial charge < -0.3 is 9.47 Å². The normalized spacial score (nSPS) is 17.0. The largest absolute Gasteiger partial charge is 0.310 e. The number of aromatic nitrogens is 4. The fourth-order valence-electron chi connectivity index (χ4n) is 2.98. The number of halogens is 1. The Morgan fingerprint density at radius 3 is 2.71 bits per heavy atom. The van der Waals surface area contributed by atoms with Crippen molar-refractivity contribution in [2.75, 3.05) is 13.6 Å². The van der Waals surface area contributed by atoms with Gasteiger partial charge in [-0.2, -0.15) is 5.10 Å². The lowest BCUT2D eigenvalue weighted by Gasteiger charge is -2.18. The van der Waals surface area contributed by atoms with Crippen LogP contribution < -0.4 is 0 Å². The Morgan fingerprint density at radius 1 is 1.43 bits per heavy atom. The fourth-order valence-corrected chi connectivity index (χ4v) is 3.14. The molecule has 0 spiro atoms. The first-order valence-corrected chi connectivity index (χ1v) is 8.22. The molecule has 1 unspecified atom stereocenters. The van der Waals surface area contributed by atoms with E-state index in [-0.39, 0.29) is 5.38 Å². The second-order valence-electron chi connectivity index (χ2n) is 6.05. The molecule has 1 aliphatic rings. The molecule has 21 heavy (non-hydrogen) atoms. The van der Waals surface area contributed by atoms with Gasteiger partial charge in [-0.3, -0.25) is 4.68 Å². The van der Waals surface area contributed by atoms with Gasteiger partial charge in [-0.1, -0.05) is 6.92 Å². The predicted octanol–water partition coefficient (Wildman–Crippen LogP) is 2.73. The molecule has 0 radical (unpaired) electrons. The van der Waals surface area contributed by atoms with Crippen LogP contribution in [0, 0.1) is 0 Å². The van der Waals surface area contributed by atoms with Gasteiger partial charge in [-0.05, 0) is 33.2 Å². The molecule has 6 heteroatoms. The zero-order valence-corrected chi connectivity index (χ0v) is 14.1. The highest BCUT2D eigenvalue weighted by Gasteiger charge is 2.27. The standard InChI is InChI=1S/C15H24ClN5/c1-5-12-13-15(20(4)18-12)21(14(17-13)10(2)16)9-8-19(3)11-6-7-11/h10-11H,5-9H2,1-4H3. The maximum atomic E-state index is 6.35. The Balaban J connectivity index is 1.96. The smallest absolute Gasteiger partial charge is 0.158 e. The average Bonchev–Trinajstić information content (AvgIpc) is 3.15. The Labute approximate surface area is 130 Å². The Morgan fingerprint density at radius 2 is 2.14 bits per heavy atom. The molecule has 0 N–H and O–H groups in total. The lowest BCUT2D eigenvalue weighted by molar-refractivity contribution is 0.308. The number of imidazole rings is 1. The second-order valence-corrected chi connectivity index (χ2v) is 6.70. The van der Waals surface area contributed by atoms with Crippen molar-refractivity contribution in [1.82, 2.24) is 24.2 Å². The Hall–Kier alpha value is -1.07. The summed E-state index contributed by atoms with van der Waals surface area (Å²) in [5, 5.41) is 4.49. The van der Waals surface area contributed by atoms with E-state index in [4.69, 9.17) is 16.6 Å². The van der Waals surface area contributed by atoms with Crippen molar-refractivity contribution >= 4 is 22.8 Å². The summed E-state index contributed by atoms with van der Waals surface area (Å²) in [4.78, 5) is 7.21. The first-order chi connectivity index (χ1) is 10.0. The number of likely N-dealkylation sites (N-methyl/N-ethyl adjacent to an activating group) is 1. The number of aryl methyl sites for hydroxylation is 2. The van der Waals surface area contributed by atoms with E-state index in [1.54, 1.807) is 0 Å². The van der Waals surface area contributed by atoms with Crippen molar-refractivity contribution < 1.29 is 0 Å². The van der Waals surface area contributed by atoms with E-state index in [9.17, 15) is 0 Å². The summed E-state index contributed by atoms with van der Waals surface area (Å²) in [7, 11) is 4.20. The summed E-state index contributed by atoms with van der Waals surface area (Å²) in [6, 6.07) is 0.777. The van der Waals surface area contributed by atoms with Crippen molar-refractivity contribution in [1.29, 1.82) is 0 Å². The van der Waals surface area contributed by atoms with Gasteiger partial charge in [-0.25, -0.2) is 4.98 Å². The Kier molecular flexibility index (Phi) is 3.97. The maximum Gasteiger partial charge on any atom is 0.158 e. The van der Waals surface area contributed by atoms with Crippen molar-refractivity contribution in [3.63, 3.8) is 0 Å². The van der Waals surface area contributed by atoms with Crippen molar-refractivity contribution in [2.24, 2.45) is 7.05 Å². The monoisotopic (exact) mass is 309 g/mol. The SMILES string of the molecule is CCc1nn(C)c2c1nc(C(C)Cl)n2CCN(C)C1CC1. The third-order valence-corrected chi connectivity index (χ3v) is 4.55. The molecular formula is C15H24ClN5. The van der Waals surface area contributed by atoms with Crippen molar-refractivity contribution in [2.45, 2.75) is 51.1 Å². The number of rotatable bonds is 6. The molecule has 0 bridgehead atoms. The van der Waals surface area contributed by atoms with Gasteiger partial charge in [0.2, 0.25) is 0 Å². The van der Waals surface area contributed by atoms with E-state index in [0.717, 1.165) is 48.2 Å². The predicted molar refractivity (Wildman–Crippen MR) is 85.8 cm³/mol. The van der Waals surface area contributed by atoms with Crippen LogP contribution in [0.5, 0.6) is 0 Å². The van der Waals surface area contributed by atoms with Gasteiger partial charge in [0.1, 0.15) is 11.3 Å². The first kappa shape index (κ1) is 14.9. The van der Waals surface area contributed by atoms with E-state index < -0.39 is 0 Å². The molecule has 1 aliphatic carbocycles. The van der Waals surface area contributed by atoms with E-state index in [1.807, 2.05) is 18.7 Å². The van der Waals surface area contributed by atoms with Crippen LogP contribution in [0.15, 0.2) is 0 Å². The summed E-state index contributed by atoms with van der Waals surface area (Å²) < 4.78 is 4.19. The molecule has 0 amide bonds. The highest BCUT2D eigenvalue weighted by atomic mass is 35.5. The minimum Gasteiger partial charge on any atom is -0.310 e. The van der Waals surface area contributed by atoms with Crippen molar-refractivity contribution in [3.05, 3.63) is 11.5 Å². The maximum absolute atomic E-state index is 6.35. The molecule has 5 nitrogen and oxygen atoms in total. The van der Waals surface area contributed by atoms with E-state index >= 15 is 0 Å². The van der Waals surface area contributed by atoms with Gasteiger partial charge >= 0.3 is 0 Å². The van der Waals surface area contributed by atoms with E-state index in [1.165, 1.54) is 12.8 Å². The Bertz CT molecular complexity index is 638. The minimum atomic E-state index is -0.0895. The number of alkyl halides is 1. The molecule has 3 rings (SSSR count). The summed E-state index contributed by atoms with van der Waals surface area (Å²) in [5.74, 6) is 0.957. The number of hydrogen-bond acceptors (Lipinski definition) is 3. The molecule has 0 aromatic carbocycles. The number of fused-ring (bicyclic) bond motifs is 1. The third kappa shape index (κ3) is 2.69. The molecule has 2 aromatic rings.